The number of hydrogen-bond donors (Lipinski definition) is 0. The van der Waals surface area contributed by atoms with Crippen molar-refractivity contribution in [2.75, 3.05) is 11.9 Å². The van der Waals surface area contributed by atoms with Crippen LogP contribution in [0.3, 0.4) is 0 Å². The van der Waals surface area contributed by atoms with E-state index in [2.05, 4.69) is 6.07 Å². The van der Waals surface area contributed by atoms with Crippen LogP contribution >= 0.6 is 11.6 Å². The van der Waals surface area contributed by atoms with E-state index in [1.165, 1.54) is 6.92 Å². The van der Waals surface area contributed by atoms with Crippen molar-refractivity contribution in [3.8, 4) is 6.07 Å². The second kappa shape index (κ2) is 6.43. The minimum atomic E-state index is -0.0273. The van der Waals surface area contributed by atoms with E-state index >= 15 is 0 Å². The molecule has 4 heteroatoms. The molecule has 0 unspecified atom stereocenters. The molecular formula is C17H15ClN2O. The molecular weight excluding hydrogens is 284 g/mol. The van der Waals surface area contributed by atoms with E-state index < -0.39 is 0 Å². The highest BCUT2D eigenvalue weighted by Gasteiger charge is 2.13. The molecule has 0 heterocycles. The van der Waals surface area contributed by atoms with E-state index in [1.54, 1.807) is 18.2 Å². The third kappa shape index (κ3) is 3.42. The minimum absolute atomic E-state index is 0.0273. The summed E-state index contributed by atoms with van der Waals surface area (Å²) in [5.41, 5.74) is 2.84. The summed E-state index contributed by atoms with van der Waals surface area (Å²) in [6.07, 6.45) is 0. The topological polar surface area (TPSA) is 44.1 Å². The number of halogens is 1. The van der Waals surface area contributed by atoms with Gasteiger partial charge in [-0.05, 0) is 36.8 Å². The van der Waals surface area contributed by atoms with Gasteiger partial charge in [0.1, 0.15) is 0 Å². The van der Waals surface area contributed by atoms with Crippen molar-refractivity contribution in [1.82, 2.24) is 0 Å². The Kier molecular flexibility index (Phi) is 4.62. The maximum Gasteiger partial charge on any atom is 0.161 e. The first kappa shape index (κ1) is 15.1. The van der Waals surface area contributed by atoms with E-state index in [9.17, 15) is 4.79 Å². The number of rotatable bonds is 4. The summed E-state index contributed by atoms with van der Waals surface area (Å²) in [7, 11) is 1.88. The average Bonchev–Trinajstić information content (AvgIpc) is 2.48. The van der Waals surface area contributed by atoms with E-state index in [-0.39, 0.29) is 5.78 Å². The zero-order valence-corrected chi connectivity index (χ0v) is 12.7. The normalized spacial score (nSPS) is 10.0. The highest BCUT2D eigenvalue weighted by atomic mass is 35.5. The van der Waals surface area contributed by atoms with Crippen molar-refractivity contribution in [2.24, 2.45) is 0 Å². The van der Waals surface area contributed by atoms with Crippen LogP contribution in [0.1, 0.15) is 28.4 Å². The highest BCUT2D eigenvalue weighted by molar-refractivity contribution is 6.31. The van der Waals surface area contributed by atoms with Gasteiger partial charge in [-0.2, -0.15) is 5.26 Å². The van der Waals surface area contributed by atoms with Crippen LogP contribution in [-0.2, 0) is 6.54 Å². The molecule has 0 aliphatic heterocycles. The lowest BCUT2D eigenvalue weighted by Crippen LogP contribution is -2.19. The summed E-state index contributed by atoms with van der Waals surface area (Å²) in [4.78, 5) is 13.7. The van der Waals surface area contributed by atoms with E-state index in [0.29, 0.717) is 22.7 Å². The summed E-state index contributed by atoms with van der Waals surface area (Å²) >= 11 is 6.17. The molecule has 0 spiro atoms. The fraction of sp³-hybridized carbons (Fsp3) is 0.176. The van der Waals surface area contributed by atoms with Crippen molar-refractivity contribution < 1.29 is 4.79 Å². The predicted octanol–water partition coefficient (Wildman–Crippen LogP) is 4.05. The van der Waals surface area contributed by atoms with Gasteiger partial charge in [-0.3, -0.25) is 4.79 Å². The van der Waals surface area contributed by atoms with Gasteiger partial charge in [0.15, 0.2) is 5.78 Å². The van der Waals surface area contributed by atoms with Crippen LogP contribution in [0.4, 0.5) is 5.69 Å². The monoisotopic (exact) mass is 298 g/mol. The van der Waals surface area contributed by atoms with Crippen LogP contribution in [0.5, 0.6) is 0 Å². The first-order valence-electron chi connectivity index (χ1n) is 6.52. The van der Waals surface area contributed by atoms with E-state index in [0.717, 1.165) is 11.3 Å². The second-order valence-corrected chi connectivity index (χ2v) is 5.25. The molecule has 0 radical (unpaired) electrons. The van der Waals surface area contributed by atoms with Gasteiger partial charge in [0.05, 0.1) is 11.6 Å². The largest absolute Gasteiger partial charge is 0.370 e. The third-order valence-electron chi connectivity index (χ3n) is 3.28. The molecule has 0 bridgehead atoms. The standard InChI is InChI=1S/C17H15ClN2O/c1-12(21)15-8-7-13(10-19)9-17(15)20(2)11-14-5-3-4-6-16(14)18/h3-9H,11H2,1-2H3. The Labute approximate surface area is 129 Å². The number of hydrogen-bond acceptors (Lipinski definition) is 3. The molecule has 0 aromatic heterocycles. The van der Waals surface area contributed by atoms with Crippen molar-refractivity contribution in [3.05, 3.63) is 64.2 Å². The van der Waals surface area contributed by atoms with E-state index in [4.69, 9.17) is 16.9 Å². The Morgan fingerprint density at radius 3 is 2.62 bits per heavy atom. The summed E-state index contributed by atoms with van der Waals surface area (Å²) < 4.78 is 0. The molecule has 0 atom stereocenters. The Morgan fingerprint density at radius 1 is 1.29 bits per heavy atom. The van der Waals surface area contributed by atoms with Gasteiger partial charge in [-0.25, -0.2) is 0 Å². The molecule has 2 aromatic rings. The molecule has 2 rings (SSSR count). The number of ketones is 1. The molecule has 0 saturated carbocycles. The van der Waals surface area contributed by atoms with Gasteiger partial charge in [-0.1, -0.05) is 29.8 Å². The fourth-order valence-electron chi connectivity index (χ4n) is 2.18. The fourth-order valence-corrected chi connectivity index (χ4v) is 2.38. The predicted molar refractivity (Wildman–Crippen MR) is 84.7 cm³/mol. The van der Waals surface area contributed by atoms with Gasteiger partial charge in [0.25, 0.3) is 0 Å². The summed E-state index contributed by atoms with van der Waals surface area (Å²) in [5, 5.41) is 9.72. The Morgan fingerprint density at radius 2 is 2.00 bits per heavy atom. The maximum absolute atomic E-state index is 11.8. The quantitative estimate of drug-likeness (QED) is 0.800. The molecule has 0 aliphatic carbocycles. The van der Waals surface area contributed by atoms with Gasteiger partial charge in [0, 0.05) is 29.9 Å². The number of nitrogens with zero attached hydrogens (tertiary/aromatic N) is 2. The molecule has 2 aromatic carbocycles. The lowest BCUT2D eigenvalue weighted by molar-refractivity contribution is 0.101. The molecule has 0 aliphatic rings. The van der Waals surface area contributed by atoms with E-state index in [1.807, 2.05) is 36.2 Å². The maximum atomic E-state index is 11.8. The van der Waals surface area contributed by atoms with Crippen LogP contribution in [0.25, 0.3) is 0 Å². The summed E-state index contributed by atoms with van der Waals surface area (Å²) in [6.45, 7) is 2.09. The van der Waals surface area contributed by atoms with Gasteiger partial charge >= 0.3 is 0 Å². The first-order chi connectivity index (χ1) is 10.0. The van der Waals surface area contributed by atoms with Crippen molar-refractivity contribution >= 4 is 23.1 Å². The third-order valence-corrected chi connectivity index (χ3v) is 3.65. The first-order valence-corrected chi connectivity index (χ1v) is 6.90. The number of Topliss-reactive ketones (excluding diaryl/α,β-unsaturated/α-hetero) is 1. The summed E-state index contributed by atoms with van der Waals surface area (Å²) in [5.74, 6) is -0.0273. The second-order valence-electron chi connectivity index (χ2n) is 4.85. The SMILES string of the molecule is CC(=O)c1ccc(C#N)cc1N(C)Cc1ccccc1Cl. The van der Waals surface area contributed by atoms with Gasteiger partial charge in [0.2, 0.25) is 0 Å². The Bertz CT molecular complexity index is 719. The molecule has 0 N–H and O–H groups in total. The molecule has 0 amide bonds. The van der Waals surface area contributed by atoms with Crippen LogP contribution in [0.2, 0.25) is 5.02 Å². The number of benzene rings is 2. The van der Waals surface area contributed by atoms with Crippen LogP contribution in [-0.4, -0.2) is 12.8 Å². The molecule has 0 fully saturated rings. The van der Waals surface area contributed by atoms with Crippen LogP contribution < -0.4 is 4.90 Å². The van der Waals surface area contributed by atoms with Gasteiger partial charge < -0.3 is 4.90 Å². The lowest BCUT2D eigenvalue weighted by Gasteiger charge is -2.22. The number of carbonyl (C=O) groups excluding carboxylic acids is 1. The summed E-state index contributed by atoms with van der Waals surface area (Å²) in [6, 6.07) is 14.8. The lowest BCUT2D eigenvalue weighted by atomic mass is 10.0. The molecule has 21 heavy (non-hydrogen) atoms. The molecule has 3 nitrogen and oxygen atoms in total. The average molecular weight is 299 g/mol. The van der Waals surface area contributed by atoms with Crippen molar-refractivity contribution in [1.29, 1.82) is 5.26 Å². The smallest absolute Gasteiger partial charge is 0.161 e. The van der Waals surface area contributed by atoms with Crippen LogP contribution in [0.15, 0.2) is 42.5 Å². The highest BCUT2D eigenvalue weighted by Crippen LogP contribution is 2.25. The van der Waals surface area contributed by atoms with Gasteiger partial charge in [-0.15, -0.1) is 0 Å². The van der Waals surface area contributed by atoms with Crippen molar-refractivity contribution in [3.63, 3.8) is 0 Å². The molecule has 106 valence electrons. The zero-order valence-electron chi connectivity index (χ0n) is 11.9. The zero-order chi connectivity index (χ0) is 15.4. The molecule has 0 saturated heterocycles. The Hall–Kier alpha value is -2.31. The van der Waals surface area contributed by atoms with Crippen molar-refractivity contribution in [2.45, 2.75) is 13.5 Å². The Balaban J connectivity index is 2.38. The number of anilines is 1. The van der Waals surface area contributed by atoms with Crippen LogP contribution in [0, 0.1) is 11.3 Å². The minimum Gasteiger partial charge on any atom is -0.370 e. The number of nitriles is 1. The number of carbonyl (C=O) groups is 1.